The Bertz CT molecular complexity index is 620. The molecule has 1 fully saturated rings. The first-order chi connectivity index (χ1) is 9.81. The third-order valence-corrected chi connectivity index (χ3v) is 3.22. The number of amides is 1. The molecule has 1 aromatic carbocycles. The molecule has 0 aromatic heterocycles. The molecule has 21 heavy (non-hydrogen) atoms. The zero-order chi connectivity index (χ0) is 15.7. The van der Waals surface area contributed by atoms with Gasteiger partial charge in [0, 0.05) is 19.0 Å². The predicted octanol–water partition coefficient (Wildman–Crippen LogP) is 0.394. The zero-order valence-corrected chi connectivity index (χ0v) is 10.6. The number of β-amino-alcohol motifs (C(OH)–C–C–N with tert-alkyl or cyclic N) is 1. The number of aliphatic carboxylic acids is 1. The molecule has 8 nitrogen and oxygen atoms in total. The van der Waals surface area contributed by atoms with Crippen molar-refractivity contribution in [2.45, 2.75) is 18.6 Å². The second-order valence-electron chi connectivity index (χ2n) is 4.62. The van der Waals surface area contributed by atoms with Crippen LogP contribution in [0, 0.1) is 15.9 Å². The number of likely N-dealkylation sites (tertiary alicyclic amines) is 1. The molecule has 1 aliphatic rings. The highest BCUT2D eigenvalue weighted by Gasteiger charge is 2.40. The Hall–Kier alpha value is -2.55. The first-order valence-corrected chi connectivity index (χ1v) is 5.97. The molecule has 0 aliphatic carbocycles. The van der Waals surface area contributed by atoms with Gasteiger partial charge in [0.15, 0.2) is 0 Å². The van der Waals surface area contributed by atoms with Crippen molar-refractivity contribution in [1.82, 2.24) is 4.90 Å². The summed E-state index contributed by atoms with van der Waals surface area (Å²) in [6, 6.07) is 1.23. The molecule has 2 N–H and O–H groups in total. The maximum atomic E-state index is 13.8. The van der Waals surface area contributed by atoms with Gasteiger partial charge in [0.05, 0.1) is 22.7 Å². The van der Waals surface area contributed by atoms with Crippen LogP contribution in [0.1, 0.15) is 16.8 Å². The fourth-order valence-electron chi connectivity index (χ4n) is 2.22. The third-order valence-electron chi connectivity index (χ3n) is 3.22. The Morgan fingerprint density at radius 3 is 2.62 bits per heavy atom. The van der Waals surface area contributed by atoms with E-state index in [0.29, 0.717) is 6.07 Å². The molecular formula is C12H11FN2O6. The van der Waals surface area contributed by atoms with Crippen molar-refractivity contribution >= 4 is 17.6 Å². The number of carbonyl (C=O) groups is 2. The van der Waals surface area contributed by atoms with Gasteiger partial charge in [-0.25, -0.2) is 9.18 Å². The van der Waals surface area contributed by atoms with Crippen molar-refractivity contribution < 1.29 is 29.1 Å². The third kappa shape index (κ3) is 2.82. The molecule has 0 bridgehead atoms. The summed E-state index contributed by atoms with van der Waals surface area (Å²) in [5, 5.41) is 29.0. The first-order valence-electron chi connectivity index (χ1n) is 5.97. The number of aliphatic hydroxyl groups excluding tert-OH is 1. The van der Waals surface area contributed by atoms with E-state index >= 15 is 0 Å². The van der Waals surface area contributed by atoms with E-state index in [0.717, 1.165) is 17.0 Å². The number of carboxylic acid groups (broad SMARTS) is 1. The Morgan fingerprint density at radius 2 is 2.10 bits per heavy atom. The smallest absolute Gasteiger partial charge is 0.326 e. The Kier molecular flexibility index (Phi) is 3.85. The fourth-order valence-corrected chi connectivity index (χ4v) is 2.22. The SMILES string of the molecule is O=C(O)[C@H]1C[C@@H](O)CN1C(=O)c1ccc([N+](=O)[O-])cc1F. The second-order valence-corrected chi connectivity index (χ2v) is 4.62. The summed E-state index contributed by atoms with van der Waals surface area (Å²) in [5.41, 5.74) is -0.985. The average molecular weight is 298 g/mol. The second kappa shape index (κ2) is 5.44. The Balaban J connectivity index is 2.31. The lowest BCUT2D eigenvalue weighted by atomic mass is 10.1. The maximum absolute atomic E-state index is 13.8. The van der Waals surface area contributed by atoms with Gasteiger partial charge in [0.25, 0.3) is 11.6 Å². The lowest BCUT2D eigenvalue weighted by Gasteiger charge is -2.21. The van der Waals surface area contributed by atoms with E-state index in [4.69, 9.17) is 5.11 Å². The van der Waals surface area contributed by atoms with E-state index in [-0.39, 0.29) is 13.0 Å². The van der Waals surface area contributed by atoms with Crippen molar-refractivity contribution in [1.29, 1.82) is 0 Å². The topological polar surface area (TPSA) is 121 Å². The highest BCUT2D eigenvalue weighted by atomic mass is 19.1. The van der Waals surface area contributed by atoms with Gasteiger partial charge in [0.1, 0.15) is 11.9 Å². The summed E-state index contributed by atoms with van der Waals surface area (Å²) < 4.78 is 13.8. The van der Waals surface area contributed by atoms with Gasteiger partial charge in [0.2, 0.25) is 0 Å². The van der Waals surface area contributed by atoms with Gasteiger partial charge in [-0.3, -0.25) is 14.9 Å². The van der Waals surface area contributed by atoms with Gasteiger partial charge in [-0.1, -0.05) is 0 Å². The van der Waals surface area contributed by atoms with Crippen LogP contribution in [0.2, 0.25) is 0 Å². The maximum Gasteiger partial charge on any atom is 0.326 e. The van der Waals surface area contributed by atoms with Gasteiger partial charge in [-0.2, -0.15) is 0 Å². The summed E-state index contributed by atoms with van der Waals surface area (Å²) in [7, 11) is 0. The van der Waals surface area contributed by atoms with E-state index in [1.165, 1.54) is 0 Å². The van der Waals surface area contributed by atoms with E-state index in [1.807, 2.05) is 0 Å². The molecule has 1 heterocycles. The van der Waals surface area contributed by atoms with Crippen LogP contribution >= 0.6 is 0 Å². The average Bonchev–Trinajstić information content (AvgIpc) is 2.80. The molecule has 9 heteroatoms. The summed E-state index contributed by atoms with van der Waals surface area (Å²) in [4.78, 5) is 33.7. The summed E-state index contributed by atoms with van der Waals surface area (Å²) in [6.45, 7) is -0.230. The highest BCUT2D eigenvalue weighted by Crippen LogP contribution is 2.24. The molecular weight excluding hydrogens is 287 g/mol. The largest absolute Gasteiger partial charge is 0.480 e. The normalized spacial score (nSPS) is 21.3. The van der Waals surface area contributed by atoms with Gasteiger partial charge in [-0.05, 0) is 6.07 Å². The van der Waals surface area contributed by atoms with Gasteiger partial charge < -0.3 is 15.1 Å². The number of nitrogens with zero attached hydrogens (tertiary/aromatic N) is 2. The molecule has 0 radical (unpaired) electrons. The van der Waals surface area contributed by atoms with Crippen LogP contribution in [-0.4, -0.2) is 50.6 Å². The molecule has 1 aromatic rings. The number of aliphatic hydroxyl groups is 1. The van der Waals surface area contributed by atoms with Crippen LogP contribution in [0.4, 0.5) is 10.1 Å². The number of nitro groups is 1. The summed E-state index contributed by atoms with van der Waals surface area (Å²) >= 11 is 0. The van der Waals surface area contributed by atoms with Crippen molar-refractivity contribution in [3.63, 3.8) is 0 Å². The van der Waals surface area contributed by atoms with E-state index in [1.54, 1.807) is 0 Å². The number of carboxylic acids is 1. The van der Waals surface area contributed by atoms with Crippen molar-refractivity contribution in [3.05, 3.63) is 39.7 Å². The van der Waals surface area contributed by atoms with Gasteiger partial charge in [-0.15, -0.1) is 0 Å². The molecule has 0 unspecified atom stereocenters. The van der Waals surface area contributed by atoms with Crippen molar-refractivity contribution in [2.75, 3.05) is 6.54 Å². The summed E-state index contributed by atoms with van der Waals surface area (Å²) in [6.07, 6.45) is -1.15. The number of non-ortho nitro benzene ring substituents is 1. The van der Waals surface area contributed by atoms with E-state index < -0.39 is 46.0 Å². The van der Waals surface area contributed by atoms with Crippen LogP contribution < -0.4 is 0 Å². The molecule has 1 aliphatic heterocycles. The number of benzene rings is 1. The lowest BCUT2D eigenvalue weighted by Crippen LogP contribution is -2.40. The number of nitro benzene ring substituents is 1. The number of carbonyl (C=O) groups excluding carboxylic acids is 1. The minimum Gasteiger partial charge on any atom is -0.480 e. The minimum absolute atomic E-state index is 0.143. The fraction of sp³-hybridized carbons (Fsp3) is 0.333. The number of hydrogen-bond donors (Lipinski definition) is 2. The molecule has 0 spiro atoms. The van der Waals surface area contributed by atoms with E-state index in [2.05, 4.69) is 0 Å². The van der Waals surface area contributed by atoms with Crippen LogP contribution in [0.15, 0.2) is 18.2 Å². The van der Waals surface area contributed by atoms with Crippen LogP contribution in [0.5, 0.6) is 0 Å². The summed E-state index contributed by atoms with van der Waals surface area (Å²) in [5.74, 6) is -3.34. The molecule has 1 amide bonds. The van der Waals surface area contributed by atoms with Crippen molar-refractivity contribution in [3.8, 4) is 0 Å². The molecule has 2 rings (SSSR count). The molecule has 1 saturated heterocycles. The monoisotopic (exact) mass is 298 g/mol. The van der Waals surface area contributed by atoms with Crippen LogP contribution in [0.25, 0.3) is 0 Å². The standard InChI is InChI=1S/C12H11FN2O6/c13-9-3-6(15(20)21)1-2-8(9)11(17)14-5-7(16)4-10(14)12(18)19/h1-3,7,10,16H,4-5H2,(H,18,19)/t7-,10-/m1/s1. The van der Waals surface area contributed by atoms with Crippen LogP contribution in [-0.2, 0) is 4.79 Å². The number of rotatable bonds is 3. The number of hydrogen-bond acceptors (Lipinski definition) is 5. The quantitative estimate of drug-likeness (QED) is 0.615. The molecule has 112 valence electrons. The first kappa shape index (κ1) is 14.9. The number of halogens is 1. The lowest BCUT2D eigenvalue weighted by molar-refractivity contribution is -0.385. The van der Waals surface area contributed by atoms with Gasteiger partial charge >= 0.3 is 5.97 Å². The minimum atomic E-state index is -1.30. The Morgan fingerprint density at radius 1 is 1.43 bits per heavy atom. The van der Waals surface area contributed by atoms with Crippen molar-refractivity contribution in [2.24, 2.45) is 0 Å². The molecule has 2 atom stereocenters. The molecule has 0 saturated carbocycles. The predicted molar refractivity (Wildman–Crippen MR) is 66.1 cm³/mol. The Labute approximate surface area is 117 Å². The van der Waals surface area contributed by atoms with Crippen LogP contribution in [0.3, 0.4) is 0 Å². The van der Waals surface area contributed by atoms with E-state index in [9.17, 15) is 29.2 Å². The highest BCUT2D eigenvalue weighted by molar-refractivity contribution is 5.97. The zero-order valence-electron chi connectivity index (χ0n) is 10.6.